The van der Waals surface area contributed by atoms with Crippen LogP contribution in [0.15, 0.2) is 47.4 Å². The molecule has 0 aliphatic heterocycles. The Morgan fingerprint density at radius 3 is 2.45 bits per heavy atom. The summed E-state index contributed by atoms with van der Waals surface area (Å²) in [5, 5.41) is 13.0. The maximum absolute atomic E-state index is 13.5. The van der Waals surface area contributed by atoms with Crippen molar-refractivity contribution in [2.75, 3.05) is 5.32 Å². The number of aromatic hydroxyl groups is 1. The highest BCUT2D eigenvalue weighted by Crippen LogP contribution is 2.39. The van der Waals surface area contributed by atoms with Crippen molar-refractivity contribution in [1.82, 2.24) is 4.98 Å². The fourth-order valence-corrected chi connectivity index (χ4v) is 2.74. The molecule has 0 saturated carbocycles. The van der Waals surface area contributed by atoms with Crippen LogP contribution in [-0.4, -0.2) is 16.0 Å². The molecule has 0 aliphatic rings. The number of aromatic amines is 1. The van der Waals surface area contributed by atoms with E-state index in [4.69, 9.17) is 26.0 Å². The lowest BCUT2D eigenvalue weighted by molar-refractivity contribution is 0.102. The highest BCUT2D eigenvalue weighted by Gasteiger charge is 2.26. The number of benzene rings is 2. The maximum atomic E-state index is 13.5. The highest BCUT2D eigenvalue weighted by molar-refractivity contribution is 6.06. The van der Waals surface area contributed by atoms with Crippen molar-refractivity contribution in [2.45, 2.75) is 51.9 Å². The zero-order valence-electron chi connectivity index (χ0n) is 33.7. The van der Waals surface area contributed by atoms with E-state index in [2.05, 4.69) is 4.98 Å². The normalized spacial score (nSPS) is 24.5. The van der Waals surface area contributed by atoms with Gasteiger partial charge in [0.05, 0.1) is 1.37 Å². The molecule has 3 N–H and O–H groups in total. The summed E-state index contributed by atoms with van der Waals surface area (Å²) in [7, 11) is 0. The number of pyridine rings is 1. The van der Waals surface area contributed by atoms with Gasteiger partial charge in [-0.1, -0.05) is 53.2 Å². The first kappa shape index (κ1) is 7.31. The van der Waals surface area contributed by atoms with Gasteiger partial charge < -0.3 is 15.4 Å². The van der Waals surface area contributed by atoms with E-state index in [1.54, 1.807) is 6.07 Å². The van der Waals surface area contributed by atoms with Crippen molar-refractivity contribution in [2.24, 2.45) is 0 Å². The summed E-state index contributed by atoms with van der Waals surface area (Å²) in [6.45, 7) is -25.3. The zero-order valence-corrected chi connectivity index (χ0v) is 14.7. The van der Waals surface area contributed by atoms with Crippen molar-refractivity contribution in [3.8, 4) is 5.75 Å². The van der Waals surface area contributed by atoms with Crippen LogP contribution in [0, 0.1) is 0 Å². The van der Waals surface area contributed by atoms with E-state index in [-0.39, 0.29) is 17.0 Å². The minimum Gasteiger partial charge on any atom is -0.508 e. The number of H-pyrrole nitrogens is 1. The van der Waals surface area contributed by atoms with E-state index in [0.29, 0.717) is 0 Å². The Bertz CT molecular complexity index is 1720. The molecule has 0 bridgehead atoms. The molecule has 1 heterocycles. The zero-order chi connectivity index (χ0) is 37.4. The van der Waals surface area contributed by atoms with Crippen LogP contribution >= 0.6 is 0 Å². The molecule has 152 valence electrons. The van der Waals surface area contributed by atoms with Gasteiger partial charge in [-0.2, -0.15) is 0 Å². The molecule has 0 aliphatic carbocycles. The minimum atomic E-state index is -4.28. The van der Waals surface area contributed by atoms with Crippen molar-refractivity contribution in [3.63, 3.8) is 0 Å². The van der Waals surface area contributed by atoms with Crippen LogP contribution in [0.5, 0.6) is 5.75 Å². The smallest absolute Gasteiger partial charge is 0.261 e. The number of aromatic nitrogens is 1. The average molecular weight is 412 g/mol. The van der Waals surface area contributed by atoms with Gasteiger partial charge in [0, 0.05) is 53.5 Å². The number of carbonyl (C=O) groups excluding carboxylic acids is 1. The lowest BCUT2D eigenvalue weighted by atomic mass is 9.79. The molecular weight excluding hydrogens is 364 g/mol. The van der Waals surface area contributed by atoms with E-state index in [1.165, 1.54) is 18.2 Å². The molecule has 5 heteroatoms. The summed E-state index contributed by atoms with van der Waals surface area (Å²) in [6, 6.07) is 4.03. The standard InChI is InChI=1S/C24H28N2O3/c1-23(2,3)16-11-17(24(4,5)6)20(27)12-19(16)26-22(29)15-13-25-18-10-8-7-9-14(18)21(15)28/h7-13,27H,1-6H3,(H,25,28)(H,26,29)/i1D3,2D3,3D3,4D3,5D3,6D3,11D. The highest BCUT2D eigenvalue weighted by atomic mass is 16.3. The number of nitrogens with one attached hydrogen (secondary N) is 2. The molecule has 0 saturated heterocycles. The van der Waals surface area contributed by atoms with E-state index in [0.717, 1.165) is 6.20 Å². The van der Waals surface area contributed by atoms with Gasteiger partial charge >= 0.3 is 0 Å². The number of hydrogen-bond acceptors (Lipinski definition) is 3. The third kappa shape index (κ3) is 4.04. The fourth-order valence-electron chi connectivity index (χ4n) is 2.74. The molecule has 3 aromatic rings. The van der Waals surface area contributed by atoms with Crippen LogP contribution in [0.4, 0.5) is 5.69 Å². The number of phenolic OH excluding ortho intramolecular Hbond substituents is 1. The Labute approximate surface area is 197 Å². The SMILES string of the molecule is [2H]c1c(C(C([2H])([2H])[2H])(C([2H])([2H])[2H])C([2H])([2H])[2H])c(O)cc(NC(=O)c2c[nH]c3ccccc3c2=O)c1C(C([2H])([2H])[2H])(C([2H])([2H])[2H])C([2H])([2H])[2H]. The van der Waals surface area contributed by atoms with Crippen molar-refractivity contribution >= 4 is 22.5 Å². The molecule has 3 rings (SSSR count). The quantitative estimate of drug-likeness (QED) is 0.550. The van der Waals surface area contributed by atoms with E-state index in [1.807, 2.05) is 5.32 Å². The van der Waals surface area contributed by atoms with Crippen LogP contribution in [0.1, 0.15) is 88.6 Å². The molecule has 0 fully saturated rings. The topological polar surface area (TPSA) is 82.2 Å². The molecular formula is C24H28N2O3. The van der Waals surface area contributed by atoms with Crippen LogP contribution in [0.25, 0.3) is 10.9 Å². The second-order valence-corrected chi connectivity index (χ2v) is 6.35. The van der Waals surface area contributed by atoms with E-state index >= 15 is 0 Å². The molecule has 2 aromatic carbocycles. The van der Waals surface area contributed by atoms with Gasteiger partial charge in [-0.25, -0.2) is 0 Å². The van der Waals surface area contributed by atoms with Crippen LogP contribution in [0.2, 0.25) is 0 Å². The molecule has 29 heavy (non-hydrogen) atoms. The van der Waals surface area contributed by atoms with Gasteiger partial charge in [-0.3, -0.25) is 9.59 Å². The molecule has 0 radical (unpaired) electrons. The Morgan fingerprint density at radius 2 is 1.76 bits per heavy atom. The molecule has 0 atom stereocenters. The van der Waals surface area contributed by atoms with E-state index in [9.17, 15) is 14.7 Å². The summed E-state index contributed by atoms with van der Waals surface area (Å²) < 4.78 is 155. The Kier molecular flexibility index (Phi) is 1.78. The first-order valence-electron chi connectivity index (χ1n) is 17.6. The first-order chi connectivity index (χ1) is 21.3. The van der Waals surface area contributed by atoms with Gasteiger partial charge in [0.15, 0.2) is 0 Å². The van der Waals surface area contributed by atoms with Crippen molar-refractivity contribution in [3.05, 3.63) is 69.5 Å². The summed E-state index contributed by atoms with van der Waals surface area (Å²) in [4.78, 5) is 29.3. The number of amides is 1. The average Bonchev–Trinajstić information content (AvgIpc) is 2.84. The predicted octanol–water partition coefficient (Wildman–Crippen LogP) is 5.08. The summed E-state index contributed by atoms with van der Waals surface area (Å²) in [5.41, 5.74) is -14.8. The van der Waals surface area contributed by atoms with Gasteiger partial charge in [-0.15, -0.1) is 0 Å². The van der Waals surface area contributed by atoms with Crippen molar-refractivity contribution in [1.29, 1.82) is 0 Å². The fraction of sp³-hybridized carbons (Fsp3) is 0.333. The Balaban J connectivity index is 2.69. The molecule has 0 unspecified atom stereocenters. The van der Waals surface area contributed by atoms with Gasteiger partial charge in [0.25, 0.3) is 5.91 Å². The van der Waals surface area contributed by atoms with Crippen LogP contribution in [0.3, 0.4) is 0 Å². The molecule has 1 amide bonds. The predicted molar refractivity (Wildman–Crippen MR) is 118 cm³/mol. The third-order valence-electron chi connectivity index (χ3n) is 4.09. The largest absolute Gasteiger partial charge is 0.508 e. The lowest BCUT2D eigenvalue weighted by Gasteiger charge is -2.28. The summed E-state index contributed by atoms with van der Waals surface area (Å²) >= 11 is 0. The molecule has 5 nitrogen and oxygen atoms in total. The minimum absolute atomic E-state index is 0.0376. The second kappa shape index (κ2) is 7.07. The monoisotopic (exact) mass is 411 g/mol. The Morgan fingerprint density at radius 1 is 1.10 bits per heavy atom. The maximum Gasteiger partial charge on any atom is 0.261 e. The number of para-hydroxylation sites is 1. The van der Waals surface area contributed by atoms with Crippen LogP contribution in [-0.2, 0) is 10.8 Å². The third-order valence-corrected chi connectivity index (χ3v) is 4.09. The number of rotatable bonds is 2. The Hall–Kier alpha value is -3.08. The van der Waals surface area contributed by atoms with Crippen LogP contribution < -0.4 is 10.7 Å². The molecule has 1 aromatic heterocycles. The van der Waals surface area contributed by atoms with Gasteiger partial charge in [0.1, 0.15) is 11.3 Å². The number of anilines is 1. The number of phenols is 1. The summed E-state index contributed by atoms with van der Waals surface area (Å²) in [6.07, 6.45) is 0.892. The second-order valence-electron chi connectivity index (χ2n) is 6.35. The van der Waals surface area contributed by atoms with Gasteiger partial charge in [-0.05, 0) is 40.1 Å². The van der Waals surface area contributed by atoms with Gasteiger partial charge in [0.2, 0.25) is 5.43 Å². The van der Waals surface area contributed by atoms with Crippen molar-refractivity contribution < 1.29 is 35.9 Å². The number of carbonyl (C=O) groups is 1. The lowest BCUT2D eigenvalue weighted by Crippen LogP contribution is -2.25. The van der Waals surface area contributed by atoms with E-state index < -0.39 is 97.4 Å². The first-order valence-corrected chi connectivity index (χ1v) is 8.11. The number of hydrogen-bond donors (Lipinski definition) is 3. The molecule has 0 spiro atoms. The summed E-state index contributed by atoms with van der Waals surface area (Å²) in [5.74, 6) is -3.13. The number of fused-ring (bicyclic) bond motifs is 1.